The lowest BCUT2D eigenvalue weighted by molar-refractivity contribution is -0.217. The van der Waals surface area contributed by atoms with Crippen LogP contribution >= 0.6 is 0 Å². The Bertz CT molecular complexity index is 1350. The first-order chi connectivity index (χ1) is 16.8. The Balaban J connectivity index is 1.82. The largest absolute Gasteiger partial charge is 0.496 e. The minimum Gasteiger partial charge on any atom is -0.496 e. The van der Waals surface area contributed by atoms with E-state index < -0.39 is 51.1 Å². The van der Waals surface area contributed by atoms with Crippen molar-refractivity contribution in [1.82, 2.24) is 19.6 Å². The number of rotatable bonds is 7. The van der Waals surface area contributed by atoms with Crippen LogP contribution in [0.4, 0.5) is 19.1 Å². The highest BCUT2D eigenvalue weighted by Crippen LogP contribution is 2.45. The number of nitrogens with one attached hydrogen (secondary N) is 3. The van der Waals surface area contributed by atoms with E-state index in [-0.39, 0.29) is 29.1 Å². The summed E-state index contributed by atoms with van der Waals surface area (Å²) in [5.41, 5.74) is -4.70. The number of alkyl halides is 3. The number of amides is 3. The van der Waals surface area contributed by atoms with E-state index in [2.05, 4.69) is 4.98 Å². The van der Waals surface area contributed by atoms with Crippen molar-refractivity contribution in [2.45, 2.75) is 50.4 Å². The predicted molar refractivity (Wildman–Crippen MR) is 121 cm³/mol. The van der Waals surface area contributed by atoms with Crippen LogP contribution in [-0.4, -0.2) is 55.2 Å². The van der Waals surface area contributed by atoms with Gasteiger partial charge in [0.25, 0.3) is 17.5 Å². The van der Waals surface area contributed by atoms with Crippen molar-refractivity contribution in [2.75, 3.05) is 18.7 Å². The summed E-state index contributed by atoms with van der Waals surface area (Å²) in [6.07, 6.45) is -0.577. The highest BCUT2D eigenvalue weighted by Gasteiger charge is 2.67. The Hall–Kier alpha value is -3.36. The molecule has 0 radical (unpaired) electrons. The Kier molecular flexibility index (Phi) is 6.39. The predicted octanol–water partition coefficient (Wildman–Crippen LogP) is 1.99. The number of fused-ring (bicyclic) bond motifs is 3. The molecule has 1 aliphatic heterocycles. The molecule has 1 unspecified atom stereocenters. The molecule has 196 valence electrons. The standard InChI is InChI=1S/C21H24F3N5O6S/c1-35-13-9-8-12-16(15(13)17(31)28-36(2,33)34)25-19-26-18(32)20(29(12)19,21(22,23)24)27-14(30)10-7-11-5-3-4-6-11/h8-9,11H,3-7,10H2,1-2H3,(H,27,30)(H,28,31)(H,25,26,32). The minimum atomic E-state index is -5.30. The average Bonchev–Trinajstić information content (AvgIpc) is 3.46. The van der Waals surface area contributed by atoms with Crippen molar-refractivity contribution in [3.05, 3.63) is 17.7 Å². The highest BCUT2D eigenvalue weighted by molar-refractivity contribution is 7.89. The maximum atomic E-state index is 14.6. The van der Waals surface area contributed by atoms with Crippen LogP contribution in [0.1, 0.15) is 48.9 Å². The van der Waals surface area contributed by atoms with E-state index in [0.29, 0.717) is 11.0 Å². The number of ether oxygens (including phenoxy) is 1. The molecule has 1 saturated carbocycles. The molecule has 1 atom stereocenters. The smallest absolute Gasteiger partial charge is 0.440 e. The lowest BCUT2D eigenvalue weighted by Crippen LogP contribution is -2.63. The third kappa shape index (κ3) is 4.35. The molecule has 2 heterocycles. The van der Waals surface area contributed by atoms with Gasteiger partial charge in [-0.1, -0.05) is 25.7 Å². The Labute approximate surface area is 203 Å². The number of methoxy groups -OCH3 is 1. The lowest BCUT2D eigenvalue weighted by Gasteiger charge is -2.32. The van der Waals surface area contributed by atoms with Gasteiger partial charge in [0.1, 0.15) is 16.8 Å². The van der Waals surface area contributed by atoms with E-state index >= 15 is 0 Å². The SMILES string of the molecule is COc1ccc2c(nc3n2C(NC(=O)CCC2CCCC2)(C(F)(F)F)C(=O)N3)c1C(=O)NS(C)(=O)=O. The number of imidazole rings is 1. The fourth-order valence-electron chi connectivity index (χ4n) is 4.79. The van der Waals surface area contributed by atoms with Crippen LogP contribution < -0.4 is 20.1 Å². The molecule has 11 nitrogen and oxygen atoms in total. The van der Waals surface area contributed by atoms with Crippen molar-refractivity contribution >= 4 is 44.7 Å². The molecule has 3 N–H and O–H groups in total. The summed E-state index contributed by atoms with van der Waals surface area (Å²) in [6, 6.07) is 2.27. The number of nitrogens with zero attached hydrogens (tertiary/aromatic N) is 2. The van der Waals surface area contributed by atoms with E-state index in [1.165, 1.54) is 7.11 Å². The van der Waals surface area contributed by atoms with Gasteiger partial charge in [-0.2, -0.15) is 13.2 Å². The molecule has 4 rings (SSSR count). The first-order valence-corrected chi connectivity index (χ1v) is 13.0. The second kappa shape index (κ2) is 8.94. The van der Waals surface area contributed by atoms with Crippen LogP contribution in [0.5, 0.6) is 5.75 Å². The molecule has 2 aliphatic rings. The zero-order valence-corrected chi connectivity index (χ0v) is 20.2. The second-order valence-electron chi connectivity index (χ2n) is 8.88. The fraction of sp³-hybridized carbons (Fsp3) is 0.524. The molecule has 1 fully saturated rings. The van der Waals surface area contributed by atoms with Gasteiger partial charge in [-0.05, 0) is 24.5 Å². The molecule has 15 heteroatoms. The Morgan fingerprint density at radius 1 is 1.28 bits per heavy atom. The average molecular weight is 532 g/mol. The number of carbonyl (C=O) groups is 3. The van der Waals surface area contributed by atoms with Crippen LogP contribution in [0, 0.1) is 5.92 Å². The van der Waals surface area contributed by atoms with E-state index in [1.54, 1.807) is 4.72 Å². The molecule has 2 aromatic rings. The van der Waals surface area contributed by atoms with Gasteiger partial charge in [0, 0.05) is 6.42 Å². The molecule has 1 aromatic carbocycles. The van der Waals surface area contributed by atoms with Gasteiger partial charge in [0.05, 0.1) is 18.9 Å². The maximum absolute atomic E-state index is 14.6. The van der Waals surface area contributed by atoms with Gasteiger partial charge in [-0.25, -0.2) is 18.1 Å². The van der Waals surface area contributed by atoms with Crippen LogP contribution in [-0.2, 0) is 25.3 Å². The third-order valence-electron chi connectivity index (χ3n) is 6.39. The van der Waals surface area contributed by atoms with Crippen LogP contribution in [0.25, 0.3) is 11.0 Å². The molecule has 1 aliphatic carbocycles. The lowest BCUT2D eigenvalue weighted by atomic mass is 10.0. The first-order valence-electron chi connectivity index (χ1n) is 11.1. The van der Waals surface area contributed by atoms with Crippen LogP contribution in [0.3, 0.4) is 0 Å². The molecule has 3 amide bonds. The van der Waals surface area contributed by atoms with Crippen molar-refractivity contribution < 1.29 is 40.7 Å². The fourth-order valence-corrected chi connectivity index (χ4v) is 5.23. The van der Waals surface area contributed by atoms with E-state index in [0.717, 1.165) is 44.1 Å². The molecule has 0 spiro atoms. The number of halogens is 3. The number of hydrogen-bond acceptors (Lipinski definition) is 7. The molecule has 1 aromatic heterocycles. The number of hydrogen-bond donors (Lipinski definition) is 3. The summed E-state index contributed by atoms with van der Waals surface area (Å²) < 4.78 is 74.2. The number of aromatic nitrogens is 2. The molecular weight excluding hydrogens is 507 g/mol. The summed E-state index contributed by atoms with van der Waals surface area (Å²) in [6.45, 7) is 0. The van der Waals surface area contributed by atoms with Gasteiger partial charge in [0.2, 0.25) is 21.9 Å². The maximum Gasteiger partial charge on any atom is 0.440 e. The Morgan fingerprint density at radius 3 is 2.53 bits per heavy atom. The molecular formula is C21H24F3N5O6S. The van der Waals surface area contributed by atoms with Crippen LogP contribution in [0.15, 0.2) is 12.1 Å². The van der Waals surface area contributed by atoms with Gasteiger partial charge in [0.15, 0.2) is 0 Å². The molecule has 36 heavy (non-hydrogen) atoms. The normalized spacial score (nSPS) is 20.3. The molecule has 0 saturated heterocycles. The zero-order valence-electron chi connectivity index (χ0n) is 19.4. The summed E-state index contributed by atoms with van der Waals surface area (Å²) in [5.74, 6) is -4.22. The van der Waals surface area contributed by atoms with E-state index in [4.69, 9.17) is 4.74 Å². The molecule has 0 bridgehead atoms. The summed E-state index contributed by atoms with van der Waals surface area (Å²) in [7, 11) is -2.87. The van der Waals surface area contributed by atoms with Crippen molar-refractivity contribution in [2.24, 2.45) is 5.92 Å². The van der Waals surface area contributed by atoms with Crippen LogP contribution in [0.2, 0.25) is 0 Å². The summed E-state index contributed by atoms with van der Waals surface area (Å²) in [4.78, 5) is 42.1. The highest BCUT2D eigenvalue weighted by atomic mass is 32.2. The number of sulfonamides is 1. The van der Waals surface area contributed by atoms with Gasteiger partial charge in [-0.15, -0.1) is 0 Å². The second-order valence-corrected chi connectivity index (χ2v) is 10.6. The van der Waals surface area contributed by atoms with Crippen molar-refractivity contribution in [1.29, 1.82) is 0 Å². The van der Waals surface area contributed by atoms with Crippen molar-refractivity contribution in [3.63, 3.8) is 0 Å². The quantitative estimate of drug-likeness (QED) is 0.495. The Morgan fingerprint density at radius 2 is 1.94 bits per heavy atom. The zero-order chi connectivity index (χ0) is 26.5. The number of carbonyl (C=O) groups excluding carboxylic acids is 3. The monoisotopic (exact) mass is 531 g/mol. The first kappa shape index (κ1) is 25.7. The van der Waals surface area contributed by atoms with Gasteiger partial charge >= 0.3 is 6.18 Å². The third-order valence-corrected chi connectivity index (χ3v) is 6.94. The minimum absolute atomic E-state index is 0.162. The van der Waals surface area contributed by atoms with Gasteiger partial charge in [-0.3, -0.25) is 24.3 Å². The van der Waals surface area contributed by atoms with Gasteiger partial charge < -0.3 is 10.1 Å². The van der Waals surface area contributed by atoms with E-state index in [9.17, 15) is 36.0 Å². The summed E-state index contributed by atoms with van der Waals surface area (Å²) in [5, 5.41) is 3.90. The number of benzene rings is 1. The van der Waals surface area contributed by atoms with Crippen molar-refractivity contribution in [3.8, 4) is 5.75 Å². The number of anilines is 1. The topological polar surface area (TPSA) is 148 Å². The van der Waals surface area contributed by atoms with E-state index in [1.807, 2.05) is 10.6 Å². The summed E-state index contributed by atoms with van der Waals surface area (Å²) >= 11 is 0.